The zero-order valence-corrected chi connectivity index (χ0v) is 41.4. The molecule has 2 aliphatic heterocycles. The molecular formula is C51H58N2O19. The molecule has 1 N–H and O–H groups in total. The molecule has 2 saturated carbocycles. The van der Waals surface area contributed by atoms with Gasteiger partial charge in [-0.25, -0.2) is 14.4 Å². The molecule has 3 fully saturated rings. The summed E-state index contributed by atoms with van der Waals surface area (Å²) in [6, 6.07) is 12.4. The van der Waals surface area contributed by atoms with Gasteiger partial charge in [-0.1, -0.05) is 45.9 Å². The Morgan fingerprint density at radius 3 is 2.04 bits per heavy atom. The van der Waals surface area contributed by atoms with Gasteiger partial charge in [-0.2, -0.15) is 0 Å². The molecule has 21 heteroatoms. The van der Waals surface area contributed by atoms with Crippen LogP contribution in [0.4, 0.5) is 0 Å². The van der Waals surface area contributed by atoms with Crippen LogP contribution in [0.5, 0.6) is 0 Å². The number of fused-ring (bicyclic) bond motifs is 5. The molecule has 1 spiro atoms. The summed E-state index contributed by atoms with van der Waals surface area (Å²) in [4.78, 5) is 131. The lowest BCUT2D eigenvalue weighted by molar-refractivity contribution is -0.385. The number of nitrogens with zero attached hydrogens (tertiary/aromatic N) is 2. The van der Waals surface area contributed by atoms with E-state index in [0.717, 1.165) is 50.6 Å². The van der Waals surface area contributed by atoms with E-state index in [0.29, 0.717) is 0 Å². The van der Waals surface area contributed by atoms with Crippen LogP contribution < -0.4 is 5.56 Å². The molecule has 2 aromatic heterocycles. The van der Waals surface area contributed by atoms with Crippen LogP contribution in [-0.2, 0) is 73.7 Å². The normalized spacial score (nSPS) is 33.1. The van der Waals surface area contributed by atoms with Gasteiger partial charge in [0.05, 0.1) is 40.1 Å². The summed E-state index contributed by atoms with van der Waals surface area (Å²) >= 11 is 0. The predicted molar refractivity (Wildman–Crippen MR) is 244 cm³/mol. The van der Waals surface area contributed by atoms with Crippen molar-refractivity contribution in [1.29, 1.82) is 0 Å². The first-order valence-corrected chi connectivity index (χ1v) is 23.4. The highest BCUT2D eigenvalue weighted by atomic mass is 16.7. The summed E-state index contributed by atoms with van der Waals surface area (Å²) in [5.41, 5.74) is -11.7. The van der Waals surface area contributed by atoms with Crippen molar-refractivity contribution in [3.63, 3.8) is 0 Å². The maximum absolute atomic E-state index is 15.0. The first-order valence-electron chi connectivity index (χ1n) is 23.4. The maximum Gasteiger partial charge on any atom is 0.340 e. The molecule has 0 amide bonds. The smallest absolute Gasteiger partial charge is 0.340 e. The summed E-state index contributed by atoms with van der Waals surface area (Å²) in [5.74, 6) is -13.2. The molecule has 4 unspecified atom stereocenters. The minimum atomic E-state index is -2.99. The lowest BCUT2D eigenvalue weighted by atomic mass is 9.45. The van der Waals surface area contributed by atoms with E-state index in [1.54, 1.807) is 19.9 Å². The Morgan fingerprint density at radius 2 is 1.42 bits per heavy atom. The molecule has 3 aromatic rings. The molecule has 4 aliphatic rings. The molecule has 4 bridgehead atoms. The number of carbonyl (C=O) groups excluding carboxylic acids is 8. The van der Waals surface area contributed by atoms with E-state index in [9.17, 15) is 48.3 Å². The largest absolute Gasteiger partial charge is 0.464 e. The summed E-state index contributed by atoms with van der Waals surface area (Å²) in [6.45, 7) is 9.75. The van der Waals surface area contributed by atoms with Gasteiger partial charge in [-0.15, -0.1) is 0 Å². The third-order valence-corrected chi connectivity index (χ3v) is 14.6. The zero-order valence-electron chi connectivity index (χ0n) is 41.4. The number of cyclic esters (lactones) is 1. The number of hydrogen-bond acceptors (Lipinski definition) is 20. The van der Waals surface area contributed by atoms with Crippen LogP contribution >= 0.6 is 0 Å². The van der Waals surface area contributed by atoms with Crippen LogP contribution in [-0.4, -0.2) is 129 Å². The highest BCUT2D eigenvalue weighted by Crippen LogP contribution is 2.70. The number of aliphatic hydroxyl groups is 1. The zero-order chi connectivity index (χ0) is 52.8. The average Bonchev–Trinajstić information content (AvgIpc) is 3.56. The van der Waals surface area contributed by atoms with Gasteiger partial charge in [-0.05, 0) is 50.6 Å². The van der Waals surface area contributed by atoms with E-state index >= 15 is 0 Å². The van der Waals surface area contributed by atoms with E-state index < -0.39 is 149 Å². The fraction of sp³-hybridized carbons (Fsp3) is 0.529. The van der Waals surface area contributed by atoms with Gasteiger partial charge in [0.1, 0.15) is 42.0 Å². The monoisotopic (exact) mass is 1000 g/mol. The number of carbonyl (C=O) groups is 8. The number of benzene rings is 1. The van der Waals surface area contributed by atoms with Crippen LogP contribution in [0.2, 0.25) is 0 Å². The molecule has 1 saturated heterocycles. The Hall–Kier alpha value is -7.00. The second-order valence-electron chi connectivity index (χ2n) is 19.3. The van der Waals surface area contributed by atoms with Gasteiger partial charge in [0.15, 0.2) is 30.0 Å². The SMILES string of the molecule is CCC(C)C(=O)OC[C@]12[C@H](OC(C)=O)[C@H](OC(C)=O)C3C(OC(C)=O)[C@@]14O[C@@]3(C)COC(=O)c1cccnc1[C@@H](C)[C@@H](C)C(=O)OC([C@H](OC(=O)c1ccc(=O)n(C)c1)[C@@H]2OC(=O)c1ccccc1)[C@]4(C)O. The van der Waals surface area contributed by atoms with Gasteiger partial charge >= 0.3 is 47.8 Å². The Morgan fingerprint density at radius 1 is 0.792 bits per heavy atom. The molecule has 14 atom stereocenters. The second kappa shape index (κ2) is 19.9. The average molecular weight is 1000 g/mol. The van der Waals surface area contributed by atoms with E-state index in [1.165, 1.54) is 70.4 Å². The van der Waals surface area contributed by atoms with E-state index in [1.807, 2.05) is 0 Å². The van der Waals surface area contributed by atoms with Crippen LogP contribution in [0.1, 0.15) is 111 Å². The minimum Gasteiger partial charge on any atom is -0.464 e. The van der Waals surface area contributed by atoms with E-state index in [2.05, 4.69) is 4.98 Å². The minimum absolute atomic E-state index is 0.0780. The van der Waals surface area contributed by atoms with Crippen molar-refractivity contribution in [2.24, 2.45) is 30.2 Å². The fourth-order valence-corrected chi connectivity index (χ4v) is 10.8. The molecule has 2 aliphatic carbocycles. The Bertz CT molecular complexity index is 2720. The number of aryl methyl sites for hydroxylation is 1. The third-order valence-electron chi connectivity index (χ3n) is 14.6. The fourth-order valence-electron chi connectivity index (χ4n) is 10.8. The summed E-state index contributed by atoms with van der Waals surface area (Å²) in [7, 11) is 1.35. The van der Waals surface area contributed by atoms with Crippen LogP contribution in [0.3, 0.4) is 0 Å². The van der Waals surface area contributed by atoms with Crippen molar-refractivity contribution in [3.05, 3.63) is 99.7 Å². The summed E-state index contributed by atoms with van der Waals surface area (Å²) in [6.07, 6.45) is -10.2. The van der Waals surface area contributed by atoms with Gasteiger partial charge in [-0.3, -0.25) is 33.8 Å². The van der Waals surface area contributed by atoms with Gasteiger partial charge in [0.25, 0.3) is 0 Å². The molecule has 72 heavy (non-hydrogen) atoms. The molecule has 7 rings (SSSR count). The lowest BCUT2D eigenvalue weighted by Crippen LogP contribution is -2.89. The van der Waals surface area contributed by atoms with Crippen molar-refractivity contribution >= 4 is 47.8 Å². The predicted octanol–water partition coefficient (Wildman–Crippen LogP) is 3.35. The van der Waals surface area contributed by atoms with E-state index in [4.69, 9.17) is 42.6 Å². The quantitative estimate of drug-likeness (QED) is 0.213. The molecule has 21 nitrogen and oxygen atoms in total. The number of ether oxygens (including phenoxy) is 9. The first kappa shape index (κ1) is 52.8. The van der Waals surface area contributed by atoms with Crippen LogP contribution in [0.25, 0.3) is 0 Å². The second-order valence-corrected chi connectivity index (χ2v) is 19.3. The molecule has 4 heterocycles. The van der Waals surface area contributed by atoms with Gasteiger partial charge in [0, 0.05) is 52.2 Å². The standard InChI is InChI=1S/C51H58N2O19/c1-11-25(2)43(58)65-24-50-41(68-30(7)56)37(66-28(5)54)35-39(67-29(6)55)51(50)49(9,63)40(70-44(59)27(4)26(3)36-33(18-15-21-52-36)47(62)64-23-48(35,8)72-51)38(42(50)71-45(60)31-16-13-12-14-17-31)69-46(61)32-19-20-34(57)53(10)22-32/h12-22,25-27,35,37-42,63H,11,23-24H2,1-10H3/t25?,26-,27+,35?,37+,38-,39?,40?,41+,42-,48-,49-,50+,51-/m0/s1. The molecular weight excluding hydrogens is 945 g/mol. The highest BCUT2D eigenvalue weighted by Gasteiger charge is 2.92. The van der Waals surface area contributed by atoms with Crippen molar-refractivity contribution in [1.82, 2.24) is 9.55 Å². The van der Waals surface area contributed by atoms with Crippen LogP contribution in [0.15, 0.2) is 71.8 Å². The topological polar surface area (TPSA) is 275 Å². The maximum atomic E-state index is 15.0. The van der Waals surface area contributed by atoms with Crippen molar-refractivity contribution in [2.45, 2.75) is 128 Å². The van der Waals surface area contributed by atoms with Crippen molar-refractivity contribution in [2.75, 3.05) is 13.2 Å². The Balaban J connectivity index is 1.67. The Kier molecular flexibility index (Phi) is 14.6. The third kappa shape index (κ3) is 8.90. The van der Waals surface area contributed by atoms with Crippen molar-refractivity contribution in [3.8, 4) is 0 Å². The number of rotatable bonds is 11. The van der Waals surface area contributed by atoms with Crippen molar-refractivity contribution < 1.29 is 86.1 Å². The number of pyridine rings is 2. The number of esters is 8. The lowest BCUT2D eigenvalue weighted by Gasteiger charge is -2.67. The molecule has 0 radical (unpaired) electrons. The summed E-state index contributed by atoms with van der Waals surface area (Å²) < 4.78 is 58.4. The van der Waals surface area contributed by atoms with E-state index in [-0.39, 0.29) is 28.8 Å². The van der Waals surface area contributed by atoms with Gasteiger partial charge in [0.2, 0.25) is 5.56 Å². The number of aromatic nitrogens is 2. The molecule has 1 aromatic carbocycles. The molecule has 386 valence electrons. The highest BCUT2D eigenvalue weighted by molar-refractivity contribution is 5.92. The van der Waals surface area contributed by atoms with Crippen LogP contribution in [0, 0.1) is 23.2 Å². The summed E-state index contributed by atoms with van der Waals surface area (Å²) in [5, 5.41) is 14.1. The van der Waals surface area contributed by atoms with Gasteiger partial charge < -0.3 is 52.3 Å². The first-order chi connectivity index (χ1) is 33.9. The Labute approximate surface area is 413 Å². The number of hydrogen-bond donors (Lipinski definition) is 1.